The Balaban J connectivity index is 1.79. The van der Waals surface area contributed by atoms with Gasteiger partial charge in [-0.05, 0) is 52.3 Å². The van der Waals surface area contributed by atoms with Crippen LogP contribution < -0.4 is 9.25 Å². The molecule has 13 heteroatoms. The summed E-state index contributed by atoms with van der Waals surface area (Å²) in [5.41, 5.74) is 0.196. The topological polar surface area (TPSA) is 116 Å². The lowest BCUT2D eigenvalue weighted by molar-refractivity contribution is 0.378. The molecule has 2 aromatic carbocycles. The van der Waals surface area contributed by atoms with Gasteiger partial charge >= 0.3 is 7.60 Å². The van der Waals surface area contributed by atoms with E-state index in [-0.39, 0.29) is 15.5 Å². The van der Waals surface area contributed by atoms with E-state index >= 15 is 0 Å². The van der Waals surface area contributed by atoms with Crippen LogP contribution in [0.5, 0.6) is 5.75 Å². The second-order valence-corrected chi connectivity index (χ2v) is 12.1. The summed E-state index contributed by atoms with van der Waals surface area (Å²) >= 11 is 16.2. The van der Waals surface area contributed by atoms with Gasteiger partial charge in [0.1, 0.15) is 22.3 Å². The number of sulfonamides is 1. The van der Waals surface area contributed by atoms with Crippen molar-refractivity contribution in [3.8, 4) is 11.8 Å². The number of nitrogens with zero attached hydrogens (tertiary/aromatic N) is 1. The van der Waals surface area contributed by atoms with Crippen LogP contribution in [-0.2, 0) is 14.6 Å². The van der Waals surface area contributed by atoms with Gasteiger partial charge < -0.3 is 9.42 Å². The van der Waals surface area contributed by atoms with Crippen LogP contribution in [0.15, 0.2) is 45.1 Å². The number of rotatable bonds is 6. The van der Waals surface area contributed by atoms with Gasteiger partial charge in [-0.25, -0.2) is 13.0 Å². The van der Waals surface area contributed by atoms with Crippen LogP contribution in [0.2, 0.25) is 10.0 Å². The third-order valence-electron chi connectivity index (χ3n) is 3.59. The van der Waals surface area contributed by atoms with Gasteiger partial charge in [-0.1, -0.05) is 23.2 Å². The van der Waals surface area contributed by atoms with Crippen LogP contribution in [0.3, 0.4) is 0 Å². The van der Waals surface area contributed by atoms with E-state index in [1.165, 1.54) is 24.3 Å². The van der Waals surface area contributed by atoms with Gasteiger partial charge in [-0.15, -0.1) is 11.3 Å². The largest absolute Gasteiger partial charge is 0.424 e. The van der Waals surface area contributed by atoms with E-state index in [4.69, 9.17) is 33.0 Å². The second-order valence-electron chi connectivity index (χ2n) is 5.63. The lowest BCUT2D eigenvalue weighted by atomic mass is 10.2. The van der Waals surface area contributed by atoms with E-state index in [2.05, 4.69) is 20.7 Å². The molecule has 3 rings (SSSR count). The maximum atomic E-state index is 12.5. The van der Waals surface area contributed by atoms with Crippen LogP contribution in [0.1, 0.15) is 5.56 Å². The molecule has 0 bridgehead atoms. The van der Waals surface area contributed by atoms with Crippen LogP contribution in [0.25, 0.3) is 10.1 Å². The number of thiophene rings is 1. The number of fused-ring (bicyclic) bond motifs is 1. The molecule has 3 aromatic rings. The first kappa shape index (κ1) is 22.5. The number of halogens is 3. The van der Waals surface area contributed by atoms with Crippen LogP contribution in [-0.4, -0.2) is 19.6 Å². The van der Waals surface area contributed by atoms with Crippen molar-refractivity contribution < 1.29 is 22.4 Å². The highest BCUT2D eigenvalue weighted by Gasteiger charge is 2.27. The zero-order valence-corrected chi connectivity index (χ0v) is 19.7. The minimum absolute atomic E-state index is 0.0461. The Kier molecular flexibility index (Phi) is 6.63. The number of nitrogens with one attached hydrogen (secondary N) is 1. The number of benzene rings is 2. The summed E-state index contributed by atoms with van der Waals surface area (Å²) in [6, 6.07) is 10.4. The molecule has 0 spiro atoms. The summed E-state index contributed by atoms with van der Waals surface area (Å²) in [5.74, 6) is -0.0461. The molecule has 0 radical (unpaired) electrons. The first-order chi connectivity index (χ1) is 13.5. The molecule has 1 atom stereocenters. The Labute approximate surface area is 188 Å². The fraction of sp³-hybridized carbons (Fsp3) is 0.0625. The van der Waals surface area contributed by atoms with Crippen LogP contribution in [0, 0.1) is 11.3 Å². The number of nitriles is 1. The van der Waals surface area contributed by atoms with Gasteiger partial charge in [-0.3, -0.25) is 0 Å². The van der Waals surface area contributed by atoms with Gasteiger partial charge in [0.2, 0.25) is 0 Å². The predicted octanol–water partition coefficient (Wildman–Crippen LogP) is 5.34. The molecule has 0 amide bonds. The molecule has 1 heterocycles. The van der Waals surface area contributed by atoms with Crippen LogP contribution in [0.4, 0.5) is 0 Å². The first-order valence-corrected chi connectivity index (χ1v) is 13.2. The van der Waals surface area contributed by atoms with Gasteiger partial charge in [0.25, 0.3) is 10.0 Å². The lowest BCUT2D eigenvalue weighted by Gasteiger charge is -2.14. The summed E-state index contributed by atoms with van der Waals surface area (Å²) in [4.78, 5) is 10.0. The van der Waals surface area contributed by atoms with Crippen molar-refractivity contribution in [2.24, 2.45) is 0 Å². The standard InChI is InChI=1S/C16H10BrCl2N2O5PS2/c17-12-2-1-10(5-9(12)7-20)26-27(22,23)8-21-29(24,25)15-6-11-13(18)3-4-14(19)16(11)28-15/h1-6,21H,8H2,(H,22,23). The Morgan fingerprint density at radius 2 is 1.93 bits per heavy atom. The maximum absolute atomic E-state index is 12.5. The molecule has 0 aliphatic rings. The molecule has 0 aliphatic carbocycles. The van der Waals surface area contributed by atoms with E-state index in [0.717, 1.165) is 11.3 Å². The molecule has 1 aromatic heterocycles. The molecular weight excluding hydrogens is 546 g/mol. The SMILES string of the molecule is N#Cc1cc(OP(=O)(O)CNS(=O)(=O)c2cc3c(Cl)ccc(Cl)c3s2)ccc1Br. The summed E-state index contributed by atoms with van der Waals surface area (Å²) < 4.78 is 45.3. The highest BCUT2D eigenvalue weighted by atomic mass is 79.9. The minimum atomic E-state index is -4.39. The zero-order chi connectivity index (χ0) is 21.4. The molecule has 0 fully saturated rings. The van der Waals surface area contributed by atoms with Crippen molar-refractivity contribution >= 4 is 78.2 Å². The third kappa shape index (κ3) is 5.13. The molecule has 0 saturated carbocycles. The highest BCUT2D eigenvalue weighted by molar-refractivity contribution is 9.10. The van der Waals surface area contributed by atoms with Crippen molar-refractivity contribution in [2.45, 2.75) is 4.21 Å². The monoisotopic (exact) mass is 554 g/mol. The highest BCUT2D eigenvalue weighted by Crippen LogP contribution is 2.43. The van der Waals surface area contributed by atoms with E-state index in [9.17, 15) is 17.9 Å². The third-order valence-corrected chi connectivity index (χ3v) is 9.34. The molecular formula is C16H10BrCl2N2O5PS2. The number of hydrogen-bond acceptors (Lipinski definition) is 6. The molecule has 152 valence electrons. The summed E-state index contributed by atoms with van der Waals surface area (Å²) in [6.45, 7) is 0. The molecule has 0 aliphatic heterocycles. The van der Waals surface area contributed by atoms with Gasteiger partial charge in [0.05, 0.1) is 15.3 Å². The summed E-state index contributed by atoms with van der Waals surface area (Å²) in [6.07, 6.45) is -0.872. The quantitative estimate of drug-likeness (QED) is 0.396. The maximum Gasteiger partial charge on any atom is 0.391 e. The first-order valence-electron chi connectivity index (χ1n) is 7.61. The van der Waals surface area contributed by atoms with Crippen molar-refractivity contribution in [1.82, 2.24) is 4.72 Å². The van der Waals surface area contributed by atoms with Crippen molar-refractivity contribution in [3.63, 3.8) is 0 Å². The van der Waals surface area contributed by atoms with E-state index in [1.54, 1.807) is 12.1 Å². The lowest BCUT2D eigenvalue weighted by Crippen LogP contribution is -2.25. The average molecular weight is 556 g/mol. The Morgan fingerprint density at radius 3 is 2.59 bits per heavy atom. The average Bonchev–Trinajstić information content (AvgIpc) is 3.13. The smallest absolute Gasteiger partial charge is 0.391 e. The second kappa shape index (κ2) is 8.53. The molecule has 1 unspecified atom stereocenters. The zero-order valence-electron chi connectivity index (χ0n) is 14.1. The molecule has 7 nitrogen and oxygen atoms in total. The fourth-order valence-corrected chi connectivity index (χ4v) is 7.08. The fourth-order valence-electron chi connectivity index (χ4n) is 2.25. The van der Waals surface area contributed by atoms with Crippen LogP contribution >= 0.6 is 58.1 Å². The van der Waals surface area contributed by atoms with E-state index in [1.807, 2.05) is 6.07 Å². The Morgan fingerprint density at radius 1 is 1.24 bits per heavy atom. The normalized spacial score (nSPS) is 13.8. The van der Waals surface area contributed by atoms with E-state index in [0.29, 0.717) is 24.6 Å². The molecule has 0 saturated heterocycles. The Bertz CT molecular complexity index is 1270. The van der Waals surface area contributed by atoms with E-state index < -0.39 is 23.9 Å². The summed E-state index contributed by atoms with van der Waals surface area (Å²) in [5, 5.41) is 10.1. The summed E-state index contributed by atoms with van der Waals surface area (Å²) in [7, 11) is -8.51. The van der Waals surface area contributed by atoms with Gasteiger partial charge in [0, 0.05) is 14.9 Å². The minimum Gasteiger partial charge on any atom is -0.424 e. The molecule has 2 N–H and O–H groups in total. The van der Waals surface area contributed by atoms with Gasteiger partial charge in [-0.2, -0.15) is 9.98 Å². The molecule has 29 heavy (non-hydrogen) atoms. The predicted molar refractivity (Wildman–Crippen MR) is 116 cm³/mol. The van der Waals surface area contributed by atoms with Crippen molar-refractivity contribution in [1.29, 1.82) is 5.26 Å². The Hall–Kier alpha value is -1.15. The van der Waals surface area contributed by atoms with Crippen molar-refractivity contribution in [2.75, 3.05) is 6.29 Å². The van der Waals surface area contributed by atoms with Gasteiger partial charge in [0.15, 0.2) is 0 Å². The number of hydrogen-bond donors (Lipinski definition) is 2. The van der Waals surface area contributed by atoms with Crippen molar-refractivity contribution in [3.05, 3.63) is 56.5 Å².